The van der Waals surface area contributed by atoms with E-state index in [9.17, 15) is 18.8 Å². The zero-order valence-corrected chi connectivity index (χ0v) is 15.3. The van der Waals surface area contributed by atoms with E-state index in [-0.39, 0.29) is 23.7 Å². The lowest BCUT2D eigenvalue weighted by atomic mass is 9.94. The van der Waals surface area contributed by atoms with E-state index in [2.05, 4.69) is 5.32 Å². The van der Waals surface area contributed by atoms with Gasteiger partial charge in [-0.1, -0.05) is 41.9 Å². The highest BCUT2D eigenvalue weighted by Gasteiger charge is 2.32. The molecule has 1 aliphatic rings. The fraction of sp³-hybridized carbons (Fsp3) is 0.0952. The molecular formula is C21H14ClFN2O3. The van der Waals surface area contributed by atoms with Crippen LogP contribution in [-0.4, -0.2) is 35.7 Å². The van der Waals surface area contributed by atoms with Crippen molar-refractivity contribution in [3.8, 4) is 0 Å². The first-order valence-corrected chi connectivity index (χ1v) is 8.97. The lowest BCUT2D eigenvalue weighted by Crippen LogP contribution is -2.44. The first-order chi connectivity index (χ1) is 13.5. The third-order valence-corrected chi connectivity index (χ3v) is 4.98. The minimum atomic E-state index is -0.740. The molecule has 28 heavy (non-hydrogen) atoms. The smallest absolute Gasteiger partial charge is 0.261 e. The number of carbonyl (C=O) groups is 3. The summed E-state index contributed by atoms with van der Waals surface area (Å²) in [6, 6.07) is 14.5. The van der Waals surface area contributed by atoms with Crippen LogP contribution in [0.2, 0.25) is 5.02 Å². The Balaban J connectivity index is 1.53. The van der Waals surface area contributed by atoms with Gasteiger partial charge >= 0.3 is 0 Å². The molecule has 140 valence electrons. The zero-order chi connectivity index (χ0) is 19.8. The summed E-state index contributed by atoms with van der Waals surface area (Å²) >= 11 is 5.88. The van der Waals surface area contributed by atoms with Crippen molar-refractivity contribution >= 4 is 40.1 Å². The monoisotopic (exact) mass is 396 g/mol. The number of nitrogens with zero attached hydrogens (tertiary/aromatic N) is 1. The van der Waals surface area contributed by atoms with E-state index in [0.717, 1.165) is 16.4 Å². The minimum absolute atomic E-state index is 0.0109. The highest BCUT2D eigenvalue weighted by Crippen LogP contribution is 2.29. The Morgan fingerprint density at radius 1 is 0.964 bits per heavy atom. The highest BCUT2D eigenvalue weighted by molar-refractivity contribution is 6.33. The predicted octanol–water partition coefficient (Wildman–Crippen LogP) is 3.66. The number of benzene rings is 3. The molecule has 0 radical (unpaired) electrons. The number of halogens is 2. The standard InChI is InChI=1S/C21H14ClFN2O3/c22-15-8-3-9-16(23)18(15)19(26)24-10-11-25-20(27)13-6-1-4-12-5-2-7-14(17(12)13)21(25)28/h1-9H,10-11H2,(H,24,26). The van der Waals surface area contributed by atoms with Crippen molar-refractivity contribution in [1.29, 1.82) is 0 Å². The molecule has 5 nitrogen and oxygen atoms in total. The zero-order valence-electron chi connectivity index (χ0n) is 14.5. The maximum atomic E-state index is 13.8. The van der Waals surface area contributed by atoms with Crippen molar-refractivity contribution in [1.82, 2.24) is 10.2 Å². The summed E-state index contributed by atoms with van der Waals surface area (Å²) in [6.07, 6.45) is 0. The maximum Gasteiger partial charge on any atom is 0.261 e. The van der Waals surface area contributed by atoms with Gasteiger partial charge in [-0.3, -0.25) is 19.3 Å². The molecule has 1 N–H and O–H groups in total. The third kappa shape index (κ3) is 2.92. The van der Waals surface area contributed by atoms with Crippen molar-refractivity contribution in [3.05, 3.63) is 82.1 Å². The fourth-order valence-electron chi connectivity index (χ4n) is 3.37. The Bertz CT molecular complexity index is 1070. The second-order valence-corrected chi connectivity index (χ2v) is 6.73. The van der Waals surface area contributed by atoms with Crippen LogP contribution in [0.15, 0.2) is 54.6 Å². The molecule has 0 spiro atoms. The van der Waals surface area contributed by atoms with E-state index in [4.69, 9.17) is 11.6 Å². The molecule has 1 heterocycles. The van der Waals surface area contributed by atoms with E-state index in [1.54, 1.807) is 24.3 Å². The number of nitrogens with one attached hydrogen (secondary N) is 1. The largest absolute Gasteiger partial charge is 0.350 e. The van der Waals surface area contributed by atoms with Gasteiger partial charge in [0.1, 0.15) is 5.82 Å². The number of imide groups is 1. The molecule has 1 aliphatic heterocycles. The third-order valence-electron chi connectivity index (χ3n) is 4.67. The van der Waals surface area contributed by atoms with Crippen molar-refractivity contribution in [3.63, 3.8) is 0 Å². The predicted molar refractivity (Wildman–Crippen MR) is 103 cm³/mol. The Labute approximate surface area is 164 Å². The molecule has 0 atom stereocenters. The van der Waals surface area contributed by atoms with Gasteiger partial charge in [-0.25, -0.2) is 4.39 Å². The van der Waals surface area contributed by atoms with Gasteiger partial charge in [0.2, 0.25) is 0 Å². The van der Waals surface area contributed by atoms with Gasteiger partial charge in [-0.2, -0.15) is 0 Å². The summed E-state index contributed by atoms with van der Waals surface area (Å²) in [7, 11) is 0. The van der Waals surface area contributed by atoms with Gasteiger partial charge in [0.25, 0.3) is 17.7 Å². The summed E-state index contributed by atoms with van der Waals surface area (Å²) < 4.78 is 13.8. The Morgan fingerprint density at radius 3 is 2.18 bits per heavy atom. The molecule has 4 rings (SSSR count). The Kier molecular flexibility index (Phi) is 4.57. The first kappa shape index (κ1) is 18.1. The van der Waals surface area contributed by atoms with Crippen LogP contribution in [0, 0.1) is 5.82 Å². The van der Waals surface area contributed by atoms with Crippen molar-refractivity contribution < 1.29 is 18.8 Å². The molecule has 0 saturated heterocycles. The van der Waals surface area contributed by atoms with Crippen LogP contribution in [0.5, 0.6) is 0 Å². The number of hydrogen-bond acceptors (Lipinski definition) is 3. The van der Waals surface area contributed by atoms with Gasteiger partial charge in [0, 0.05) is 29.6 Å². The topological polar surface area (TPSA) is 66.5 Å². The Morgan fingerprint density at radius 2 is 1.57 bits per heavy atom. The molecule has 0 bridgehead atoms. The average molecular weight is 397 g/mol. The van der Waals surface area contributed by atoms with Crippen molar-refractivity contribution in [2.24, 2.45) is 0 Å². The summed E-state index contributed by atoms with van der Waals surface area (Å²) in [5.74, 6) is -2.29. The number of rotatable bonds is 4. The number of amides is 3. The molecule has 3 amide bonds. The fourth-order valence-corrected chi connectivity index (χ4v) is 3.62. The highest BCUT2D eigenvalue weighted by atomic mass is 35.5. The second-order valence-electron chi connectivity index (χ2n) is 6.32. The van der Waals surface area contributed by atoms with Crippen LogP contribution < -0.4 is 5.32 Å². The molecule has 0 aliphatic carbocycles. The average Bonchev–Trinajstić information content (AvgIpc) is 2.68. The lowest BCUT2D eigenvalue weighted by molar-refractivity contribution is 0.0607. The molecule has 0 aromatic heterocycles. The Hall–Kier alpha value is -3.25. The van der Waals surface area contributed by atoms with Crippen LogP contribution in [0.3, 0.4) is 0 Å². The molecule has 0 fully saturated rings. The van der Waals surface area contributed by atoms with E-state index >= 15 is 0 Å². The van der Waals surface area contributed by atoms with Gasteiger partial charge in [0.05, 0.1) is 10.6 Å². The first-order valence-electron chi connectivity index (χ1n) is 8.59. The van der Waals surface area contributed by atoms with Crippen LogP contribution in [0.4, 0.5) is 4.39 Å². The molecule has 3 aromatic carbocycles. The van der Waals surface area contributed by atoms with Crippen LogP contribution >= 0.6 is 11.6 Å². The SMILES string of the molecule is O=C(NCCN1C(=O)c2cccc3cccc(c23)C1=O)c1c(F)cccc1Cl. The maximum absolute atomic E-state index is 13.8. The normalized spacial score (nSPS) is 13.1. The van der Waals surface area contributed by atoms with Gasteiger partial charge in [-0.05, 0) is 29.7 Å². The molecule has 3 aromatic rings. The van der Waals surface area contributed by atoms with Crippen LogP contribution in [0.25, 0.3) is 10.8 Å². The van der Waals surface area contributed by atoms with Crippen LogP contribution in [0.1, 0.15) is 31.1 Å². The van der Waals surface area contributed by atoms with E-state index in [1.807, 2.05) is 12.1 Å². The molecular weight excluding hydrogens is 383 g/mol. The summed E-state index contributed by atoms with van der Waals surface area (Å²) in [5, 5.41) is 3.95. The van der Waals surface area contributed by atoms with Crippen molar-refractivity contribution in [2.75, 3.05) is 13.1 Å². The minimum Gasteiger partial charge on any atom is -0.350 e. The van der Waals surface area contributed by atoms with Gasteiger partial charge in [-0.15, -0.1) is 0 Å². The van der Waals surface area contributed by atoms with Gasteiger partial charge in [0.15, 0.2) is 0 Å². The molecule has 0 unspecified atom stereocenters. The number of hydrogen-bond donors (Lipinski definition) is 1. The summed E-state index contributed by atoms with van der Waals surface area (Å²) in [6.45, 7) is -0.0701. The van der Waals surface area contributed by atoms with Crippen molar-refractivity contribution in [2.45, 2.75) is 0 Å². The summed E-state index contributed by atoms with van der Waals surface area (Å²) in [5.41, 5.74) is 0.614. The summed E-state index contributed by atoms with van der Waals surface area (Å²) in [4.78, 5) is 38.9. The van der Waals surface area contributed by atoms with Crippen LogP contribution in [-0.2, 0) is 0 Å². The molecule has 0 saturated carbocycles. The lowest BCUT2D eigenvalue weighted by Gasteiger charge is -2.27. The number of carbonyl (C=O) groups excluding carboxylic acids is 3. The quantitative estimate of drug-likeness (QED) is 0.684. The van der Waals surface area contributed by atoms with Gasteiger partial charge < -0.3 is 5.32 Å². The van der Waals surface area contributed by atoms with E-state index < -0.39 is 23.5 Å². The second kappa shape index (κ2) is 7.05. The molecule has 7 heteroatoms. The van der Waals surface area contributed by atoms with E-state index in [0.29, 0.717) is 16.5 Å². The van der Waals surface area contributed by atoms with E-state index in [1.165, 1.54) is 12.1 Å².